The number of unbranched alkanes of at least 4 members (excludes halogenated alkanes) is 1. The van der Waals surface area contributed by atoms with Gasteiger partial charge in [0.2, 0.25) is 11.1 Å². The summed E-state index contributed by atoms with van der Waals surface area (Å²) >= 11 is 5.29. The molecule has 1 aliphatic heterocycles. The average Bonchev–Trinajstić information content (AvgIpc) is 3.24. The minimum absolute atomic E-state index is 0.0270. The van der Waals surface area contributed by atoms with Gasteiger partial charge in [0, 0.05) is 17.0 Å². The van der Waals surface area contributed by atoms with E-state index in [2.05, 4.69) is 33.2 Å². The summed E-state index contributed by atoms with van der Waals surface area (Å²) in [6, 6.07) is 13.4. The van der Waals surface area contributed by atoms with Crippen LogP contribution in [-0.2, 0) is 11.4 Å². The van der Waals surface area contributed by atoms with E-state index in [1.165, 1.54) is 0 Å². The lowest BCUT2D eigenvalue weighted by atomic mass is 9.93. The number of aromatic nitrogens is 3. The number of ketones is 1. The largest absolute Gasteiger partial charge is 0.493 e. The van der Waals surface area contributed by atoms with Crippen molar-refractivity contribution in [1.82, 2.24) is 14.8 Å². The van der Waals surface area contributed by atoms with Crippen molar-refractivity contribution in [2.45, 2.75) is 51.4 Å². The highest BCUT2D eigenvalue weighted by atomic mass is 79.9. The fourth-order valence-corrected chi connectivity index (χ4v) is 5.52. The summed E-state index contributed by atoms with van der Waals surface area (Å²) in [7, 11) is 1.61. The second-order valence-corrected chi connectivity index (χ2v) is 10.2. The number of thioether (sulfide) groups is 1. The zero-order chi connectivity index (χ0) is 24.9. The summed E-state index contributed by atoms with van der Waals surface area (Å²) in [5.74, 6) is 2.72. The van der Waals surface area contributed by atoms with Gasteiger partial charge in [0.15, 0.2) is 17.3 Å². The Balaban J connectivity index is 1.72. The minimum Gasteiger partial charge on any atom is -0.493 e. The van der Waals surface area contributed by atoms with E-state index < -0.39 is 6.04 Å². The van der Waals surface area contributed by atoms with E-state index in [-0.39, 0.29) is 5.78 Å². The molecule has 0 spiro atoms. The van der Waals surface area contributed by atoms with Crippen molar-refractivity contribution in [3.8, 4) is 11.5 Å². The predicted molar refractivity (Wildman–Crippen MR) is 142 cm³/mol. The van der Waals surface area contributed by atoms with E-state index in [0.717, 1.165) is 39.9 Å². The van der Waals surface area contributed by atoms with E-state index in [1.807, 2.05) is 49.4 Å². The first kappa shape index (κ1) is 25.3. The van der Waals surface area contributed by atoms with Crippen LogP contribution in [0, 0.1) is 0 Å². The summed E-state index contributed by atoms with van der Waals surface area (Å²) in [5, 5.41) is 8.72. The lowest BCUT2D eigenvalue weighted by Crippen LogP contribution is -2.28. The van der Waals surface area contributed by atoms with Crippen LogP contribution >= 0.6 is 27.7 Å². The van der Waals surface area contributed by atoms with Crippen LogP contribution in [-0.4, -0.2) is 33.4 Å². The van der Waals surface area contributed by atoms with Crippen molar-refractivity contribution in [2.24, 2.45) is 0 Å². The van der Waals surface area contributed by atoms with Gasteiger partial charge in [-0.2, -0.15) is 4.98 Å². The smallest absolute Gasteiger partial charge is 0.227 e. The van der Waals surface area contributed by atoms with Crippen molar-refractivity contribution in [3.05, 3.63) is 69.3 Å². The number of nitrogens with one attached hydrogen (secondary N) is 1. The van der Waals surface area contributed by atoms with Crippen molar-refractivity contribution in [2.75, 3.05) is 18.2 Å². The molecule has 1 aliphatic rings. The van der Waals surface area contributed by atoms with E-state index in [9.17, 15) is 4.79 Å². The topological polar surface area (TPSA) is 78.3 Å². The number of methoxy groups -OCH3 is 1. The van der Waals surface area contributed by atoms with E-state index >= 15 is 0 Å². The van der Waals surface area contributed by atoms with Crippen LogP contribution in [0.15, 0.2) is 63.4 Å². The third-order valence-corrected chi connectivity index (χ3v) is 7.25. The molecule has 2 heterocycles. The molecule has 3 aromatic rings. The van der Waals surface area contributed by atoms with Crippen LogP contribution in [0.2, 0.25) is 0 Å². The molecule has 2 aromatic carbocycles. The van der Waals surface area contributed by atoms with Gasteiger partial charge in [0.1, 0.15) is 12.6 Å². The highest BCUT2D eigenvalue weighted by Gasteiger charge is 2.33. The third-order valence-electron chi connectivity index (χ3n) is 5.74. The molecule has 0 saturated carbocycles. The maximum atomic E-state index is 12.8. The number of carbonyl (C=O) groups excluding carboxylic acids is 1. The lowest BCUT2D eigenvalue weighted by Gasteiger charge is -2.28. The van der Waals surface area contributed by atoms with Crippen LogP contribution < -0.4 is 14.8 Å². The Morgan fingerprint density at radius 3 is 2.71 bits per heavy atom. The summed E-state index contributed by atoms with van der Waals surface area (Å²) in [4.78, 5) is 17.4. The number of anilines is 1. The number of hydrogen-bond acceptors (Lipinski definition) is 7. The maximum Gasteiger partial charge on any atom is 0.227 e. The van der Waals surface area contributed by atoms with Gasteiger partial charge < -0.3 is 14.8 Å². The molecule has 0 saturated heterocycles. The van der Waals surface area contributed by atoms with E-state index in [0.29, 0.717) is 34.8 Å². The molecule has 1 atom stereocenters. The zero-order valence-corrected chi connectivity index (χ0v) is 22.7. The van der Waals surface area contributed by atoms with Crippen LogP contribution in [0.5, 0.6) is 11.5 Å². The number of ether oxygens (including phenoxy) is 2. The summed E-state index contributed by atoms with van der Waals surface area (Å²) < 4.78 is 14.3. The molecule has 0 amide bonds. The van der Waals surface area contributed by atoms with Crippen molar-refractivity contribution >= 4 is 39.4 Å². The van der Waals surface area contributed by atoms with Gasteiger partial charge in [-0.05, 0) is 59.5 Å². The lowest BCUT2D eigenvalue weighted by molar-refractivity contribution is -0.114. The number of benzene rings is 2. The van der Waals surface area contributed by atoms with Gasteiger partial charge in [0.05, 0.1) is 11.6 Å². The fourth-order valence-electron chi connectivity index (χ4n) is 4.03. The normalized spacial score (nSPS) is 14.9. The number of rotatable bonds is 10. The Morgan fingerprint density at radius 2 is 2.03 bits per heavy atom. The second kappa shape index (κ2) is 11.3. The fraction of sp³-hybridized carbons (Fsp3) is 0.346. The van der Waals surface area contributed by atoms with Crippen molar-refractivity contribution in [3.63, 3.8) is 0 Å². The molecule has 7 nitrogen and oxygen atoms in total. The molecular weight excluding hydrogens is 528 g/mol. The number of hydrogen-bond donors (Lipinski definition) is 1. The Hall–Kier alpha value is -2.78. The molecule has 1 N–H and O–H groups in total. The molecule has 1 unspecified atom stereocenters. The van der Waals surface area contributed by atoms with Gasteiger partial charge in [0.25, 0.3) is 0 Å². The highest BCUT2D eigenvalue weighted by Crippen LogP contribution is 2.43. The number of carbonyl (C=O) groups is 1. The van der Waals surface area contributed by atoms with Gasteiger partial charge >= 0.3 is 0 Å². The van der Waals surface area contributed by atoms with Gasteiger partial charge in [-0.3, -0.25) is 4.79 Å². The first-order valence-corrected chi connectivity index (χ1v) is 13.3. The SMILES string of the molecule is CCCCSc1nc2n(n1)C(c1cc(Br)c(OCc3ccccc3)c(OC)c1)C(C(C)=O)=C(C)N2. The first-order valence-electron chi connectivity index (χ1n) is 11.5. The molecular formula is C26H29BrN4O3S. The monoisotopic (exact) mass is 556 g/mol. The summed E-state index contributed by atoms with van der Waals surface area (Å²) in [5.41, 5.74) is 3.32. The standard InChI is InChI=1S/C26H29BrN4O3S/c1-5-6-12-35-26-29-25-28-16(2)22(17(3)32)23(31(25)30-26)19-13-20(27)24(21(14-19)33-4)34-15-18-10-8-7-9-11-18/h7-11,13-14,23H,5-6,12,15H2,1-4H3,(H,28,29,30). The van der Waals surface area contributed by atoms with Crippen LogP contribution in [0.1, 0.15) is 50.8 Å². The summed E-state index contributed by atoms with van der Waals surface area (Å²) in [6.45, 7) is 6.05. The summed E-state index contributed by atoms with van der Waals surface area (Å²) in [6.07, 6.45) is 2.21. The Bertz CT molecular complexity index is 1240. The van der Waals surface area contributed by atoms with Gasteiger partial charge in [-0.15, -0.1) is 5.10 Å². The Labute approximate surface area is 218 Å². The van der Waals surface area contributed by atoms with E-state index in [4.69, 9.17) is 14.6 Å². The molecule has 9 heteroatoms. The van der Waals surface area contributed by atoms with Crippen LogP contribution in [0.4, 0.5) is 5.95 Å². The Kier molecular flexibility index (Phi) is 8.18. The van der Waals surface area contributed by atoms with Gasteiger partial charge in [-0.1, -0.05) is 55.4 Å². The second-order valence-electron chi connectivity index (χ2n) is 8.30. The number of halogens is 1. The zero-order valence-electron chi connectivity index (χ0n) is 20.3. The number of Topliss-reactive ketones (excluding diaryl/α,β-unsaturated/α-hetero) is 1. The van der Waals surface area contributed by atoms with Crippen molar-refractivity contribution < 1.29 is 14.3 Å². The quantitative estimate of drug-likeness (QED) is 0.228. The Morgan fingerprint density at radius 1 is 1.26 bits per heavy atom. The molecule has 0 aliphatic carbocycles. The van der Waals surface area contributed by atoms with Crippen LogP contribution in [0.25, 0.3) is 0 Å². The molecule has 184 valence electrons. The maximum absolute atomic E-state index is 12.8. The first-order chi connectivity index (χ1) is 16.9. The third kappa shape index (κ3) is 5.56. The van der Waals surface area contributed by atoms with Crippen LogP contribution in [0.3, 0.4) is 0 Å². The number of allylic oxidation sites excluding steroid dienone is 2. The molecule has 0 radical (unpaired) electrons. The minimum atomic E-state index is -0.440. The highest BCUT2D eigenvalue weighted by molar-refractivity contribution is 9.10. The van der Waals surface area contributed by atoms with Crippen molar-refractivity contribution in [1.29, 1.82) is 0 Å². The van der Waals surface area contributed by atoms with Gasteiger partial charge in [-0.25, -0.2) is 4.68 Å². The number of nitrogens with zero attached hydrogens (tertiary/aromatic N) is 3. The molecule has 1 aromatic heterocycles. The molecule has 0 fully saturated rings. The van der Waals surface area contributed by atoms with E-state index in [1.54, 1.807) is 30.5 Å². The molecule has 4 rings (SSSR count). The molecule has 0 bridgehead atoms. The number of fused-ring (bicyclic) bond motifs is 1. The average molecular weight is 558 g/mol. The molecule has 35 heavy (non-hydrogen) atoms. The predicted octanol–water partition coefficient (Wildman–Crippen LogP) is 6.40.